The van der Waals surface area contributed by atoms with Gasteiger partial charge in [-0.25, -0.2) is 12.2 Å². The zero-order chi connectivity index (χ0) is 26.6. The molecule has 5 aromatic carbocycles. The predicted molar refractivity (Wildman–Crippen MR) is 173 cm³/mol. The summed E-state index contributed by atoms with van der Waals surface area (Å²) in [4.78, 5) is 2.43. The first-order valence-electron chi connectivity index (χ1n) is 12.5. The van der Waals surface area contributed by atoms with Crippen LogP contribution in [0.15, 0.2) is 127 Å². The quantitative estimate of drug-likeness (QED) is 0.139. The van der Waals surface area contributed by atoms with Gasteiger partial charge in [-0.15, -0.1) is 65.6 Å². The summed E-state index contributed by atoms with van der Waals surface area (Å²) in [5.74, 6) is 0. The zero-order valence-corrected chi connectivity index (χ0v) is 27.6. The molecule has 0 atom stereocenters. The molecule has 0 saturated heterocycles. The van der Waals surface area contributed by atoms with Crippen molar-refractivity contribution in [3.05, 3.63) is 146 Å². The molecule has 0 bridgehead atoms. The van der Waals surface area contributed by atoms with Crippen molar-refractivity contribution < 1.29 is 23.3 Å². The fraction of sp³-hybridized carbons (Fsp3) is 0.147. The van der Waals surface area contributed by atoms with Crippen LogP contribution in [0.1, 0.15) is 20.3 Å². The third-order valence-corrected chi connectivity index (χ3v) is 5.52. The topological polar surface area (TPSA) is 3.24 Å². The number of anilines is 1. The van der Waals surface area contributed by atoms with Crippen molar-refractivity contribution in [3.63, 3.8) is 0 Å². The third kappa shape index (κ3) is 13.1. The van der Waals surface area contributed by atoms with E-state index in [0.29, 0.717) is 0 Å². The summed E-state index contributed by atoms with van der Waals surface area (Å²) in [6.45, 7) is 9.60. The Morgan fingerprint density at radius 2 is 1.31 bits per heavy atom. The second-order valence-electron chi connectivity index (χ2n) is 7.80. The second kappa shape index (κ2) is 23.6. The minimum atomic E-state index is 0. The number of fused-ring (bicyclic) bond motifs is 3. The van der Waals surface area contributed by atoms with Gasteiger partial charge in [0, 0.05) is 18.8 Å². The van der Waals surface area contributed by atoms with E-state index in [2.05, 4.69) is 98.4 Å². The summed E-state index contributed by atoms with van der Waals surface area (Å²) < 4.78 is 0. The molecular formula is C34H35Cl2NSiZr-4. The van der Waals surface area contributed by atoms with Gasteiger partial charge in [-0.1, -0.05) is 35.7 Å². The van der Waals surface area contributed by atoms with Gasteiger partial charge >= 0.3 is 30.2 Å². The van der Waals surface area contributed by atoms with Gasteiger partial charge in [0.05, 0.1) is 0 Å². The Hall–Kier alpha value is -2.29. The van der Waals surface area contributed by atoms with Crippen LogP contribution in [0.25, 0.3) is 21.5 Å². The molecule has 0 fully saturated rings. The Balaban J connectivity index is 0.000000566. The van der Waals surface area contributed by atoms with Crippen LogP contribution < -0.4 is 4.90 Å². The summed E-state index contributed by atoms with van der Waals surface area (Å²) in [5, 5.41) is 5.46. The van der Waals surface area contributed by atoms with Gasteiger partial charge < -0.3 is 4.90 Å². The van der Waals surface area contributed by atoms with E-state index in [0.717, 1.165) is 19.5 Å². The Morgan fingerprint density at radius 1 is 0.744 bits per heavy atom. The molecule has 0 N–H and O–H groups in total. The van der Waals surface area contributed by atoms with E-state index in [1.54, 1.807) is 0 Å². The maximum absolute atomic E-state index is 3.06. The molecule has 6 rings (SSSR count). The van der Waals surface area contributed by atoms with E-state index in [-0.39, 0.29) is 24.8 Å². The average molecular weight is 648 g/mol. The van der Waals surface area contributed by atoms with Crippen molar-refractivity contribution in [2.24, 2.45) is 0 Å². The largest absolute Gasteiger partial charge is 0.184 e. The van der Waals surface area contributed by atoms with Gasteiger partial charge in [-0.2, -0.15) is 78.9 Å². The van der Waals surface area contributed by atoms with Crippen molar-refractivity contribution in [1.29, 1.82) is 0 Å². The van der Waals surface area contributed by atoms with Crippen LogP contribution in [0.3, 0.4) is 0 Å². The molecule has 39 heavy (non-hydrogen) atoms. The first-order valence-corrected chi connectivity index (χ1v) is 16.6. The molecule has 202 valence electrons. The third-order valence-electron chi connectivity index (χ3n) is 5.52. The van der Waals surface area contributed by atoms with Gasteiger partial charge in [-0.3, -0.25) is 6.08 Å². The number of nitrogens with zero attached hydrogens (tertiary/aromatic N) is 1. The van der Waals surface area contributed by atoms with Crippen LogP contribution in [0.2, 0.25) is 0 Å². The molecule has 5 heteroatoms. The smallest absolute Gasteiger partial charge is 0.171 e. The van der Waals surface area contributed by atoms with Crippen LogP contribution in [0.4, 0.5) is 5.69 Å². The van der Waals surface area contributed by atoms with Crippen LogP contribution in [0.5, 0.6) is 0 Å². The maximum Gasteiger partial charge on any atom is -0.171 e. The minimum Gasteiger partial charge on any atom is -0.184 e. The van der Waals surface area contributed by atoms with E-state index >= 15 is 0 Å². The summed E-state index contributed by atoms with van der Waals surface area (Å²) in [6, 6.07) is 42.6. The number of hydrogen-bond acceptors (Lipinski definition) is 1. The average Bonchev–Trinajstić information content (AvgIpc) is 3.70. The van der Waals surface area contributed by atoms with Crippen molar-refractivity contribution in [3.8, 4) is 0 Å². The van der Waals surface area contributed by atoms with Gasteiger partial charge in [0.1, 0.15) is 0 Å². The van der Waals surface area contributed by atoms with E-state index in [4.69, 9.17) is 0 Å². The Kier molecular flexibility index (Phi) is 22.2. The van der Waals surface area contributed by atoms with Crippen LogP contribution >= 0.6 is 24.8 Å². The van der Waals surface area contributed by atoms with Gasteiger partial charge in [0.15, 0.2) is 0 Å². The molecule has 0 spiro atoms. The van der Waals surface area contributed by atoms with Crippen molar-refractivity contribution in [1.82, 2.24) is 0 Å². The summed E-state index contributed by atoms with van der Waals surface area (Å²) >= 11 is 1.36. The van der Waals surface area contributed by atoms with Crippen molar-refractivity contribution in [2.75, 3.05) is 18.0 Å². The maximum atomic E-state index is 3.06. The van der Waals surface area contributed by atoms with Crippen molar-refractivity contribution >= 4 is 58.9 Å². The SMILES string of the molecule is CCN(CC)c1cccc2[cH-]c3ccccc3c12.Cl.Cl.[C-]1=CC=CC1.[Si]=[Zr].[c-]1ccccc1.[c-]1ccccc1. The normalized spacial score (nSPS) is 9.97. The summed E-state index contributed by atoms with van der Waals surface area (Å²) in [7, 11) is 0. The van der Waals surface area contributed by atoms with Crippen LogP contribution in [-0.2, 0) is 23.3 Å². The van der Waals surface area contributed by atoms with E-state index < -0.39 is 0 Å². The van der Waals surface area contributed by atoms with Gasteiger partial charge in [-0.05, 0) is 13.8 Å². The first kappa shape index (κ1) is 36.7. The Bertz CT molecular complexity index is 1220. The second-order valence-corrected chi connectivity index (χ2v) is 7.80. The van der Waals surface area contributed by atoms with Crippen LogP contribution in [0, 0.1) is 18.2 Å². The summed E-state index contributed by atoms with van der Waals surface area (Å²) in [5.41, 5.74) is 1.36. The predicted octanol–water partition coefficient (Wildman–Crippen LogP) is 9.30. The molecule has 0 unspecified atom stereocenters. The molecular weight excluding hydrogens is 613 g/mol. The molecule has 0 heterocycles. The zero-order valence-electron chi connectivity index (χ0n) is 22.5. The molecule has 2 radical (unpaired) electrons. The first-order chi connectivity index (χ1) is 18.3. The van der Waals surface area contributed by atoms with Crippen LogP contribution in [-0.4, -0.2) is 20.0 Å². The number of halogens is 2. The van der Waals surface area contributed by atoms with E-state index in [1.165, 1.54) is 50.6 Å². The Morgan fingerprint density at radius 3 is 1.72 bits per heavy atom. The molecule has 1 aliphatic rings. The van der Waals surface area contributed by atoms with Crippen molar-refractivity contribution in [2.45, 2.75) is 20.3 Å². The fourth-order valence-corrected chi connectivity index (χ4v) is 3.84. The van der Waals surface area contributed by atoms with Gasteiger partial charge in [0.2, 0.25) is 0 Å². The standard InChI is InChI=1S/C17H18N.2C6H5.C5H5.2ClH.Si.Zr/c1-3-18(4-2)16-11-7-9-14-12-13-8-5-6-10-15(13)17(14)16;2*1-2-4-6-5-3-1;1-2-4-5-3-1;;;;/h5-12H,3-4H2,1-2H3;2*1-5H;1-3H,4H2;2*1H;;/q4*-1;;;;. The molecule has 1 aliphatic carbocycles. The fourth-order valence-electron chi connectivity index (χ4n) is 3.84. The van der Waals surface area contributed by atoms with E-state index in [9.17, 15) is 0 Å². The summed E-state index contributed by atoms with van der Waals surface area (Å²) in [6.07, 6.45) is 10.0. The number of benzene rings is 4. The molecule has 0 saturated carbocycles. The molecule has 0 aromatic heterocycles. The number of hydrogen-bond donors (Lipinski definition) is 0. The number of rotatable bonds is 3. The van der Waals surface area contributed by atoms with E-state index in [1.807, 2.05) is 72.8 Å². The molecule has 0 aliphatic heterocycles. The van der Waals surface area contributed by atoms with Gasteiger partial charge in [0.25, 0.3) is 0 Å². The number of allylic oxidation sites excluding steroid dienone is 4. The monoisotopic (exact) mass is 645 g/mol. The Labute approximate surface area is 264 Å². The molecule has 5 aromatic rings. The molecule has 0 amide bonds. The molecule has 1 nitrogen and oxygen atoms in total. The minimum absolute atomic E-state index is 0.